The molecule has 35 heavy (non-hydrogen) atoms. The summed E-state index contributed by atoms with van der Waals surface area (Å²) in [5, 5.41) is 20.7. The SMILES string of the molecule is O=C(Oc1ccc2[nH]c(O)c(C=c3ccc4c(c3)N=NC=4/C=C/c3ccncc3)c2c1)C(F)(F)F. The molecule has 0 fully saturated rings. The topological polar surface area (TPSA) is 99.9 Å². The number of aromatic amines is 1. The number of esters is 1. The number of benzene rings is 2. The Balaban J connectivity index is 1.50. The van der Waals surface area contributed by atoms with Crippen LogP contribution in [-0.4, -0.2) is 27.2 Å². The van der Waals surface area contributed by atoms with Gasteiger partial charge in [0, 0.05) is 34.1 Å². The summed E-state index contributed by atoms with van der Waals surface area (Å²) >= 11 is 0. The van der Waals surface area contributed by atoms with Gasteiger partial charge in [-0.2, -0.15) is 13.2 Å². The van der Waals surface area contributed by atoms with Crippen molar-refractivity contribution in [3.8, 4) is 11.6 Å². The Hall–Kier alpha value is -4.73. The molecule has 1 aliphatic rings. The molecule has 0 aliphatic carbocycles. The summed E-state index contributed by atoms with van der Waals surface area (Å²) < 4.78 is 42.0. The minimum Gasteiger partial charge on any atom is -0.494 e. The Bertz CT molecular complexity index is 1640. The van der Waals surface area contributed by atoms with Gasteiger partial charge < -0.3 is 14.8 Å². The number of H-pyrrole nitrogens is 1. The zero-order valence-corrected chi connectivity index (χ0v) is 17.7. The van der Waals surface area contributed by atoms with Crippen LogP contribution in [0.15, 0.2) is 77.2 Å². The van der Waals surface area contributed by atoms with Gasteiger partial charge in [-0.05, 0) is 65.4 Å². The lowest BCUT2D eigenvalue weighted by Crippen LogP contribution is -2.27. The number of pyridine rings is 1. The van der Waals surface area contributed by atoms with Gasteiger partial charge in [0.15, 0.2) is 5.88 Å². The van der Waals surface area contributed by atoms with Crippen LogP contribution in [0.3, 0.4) is 0 Å². The maximum Gasteiger partial charge on any atom is 0.491 e. The van der Waals surface area contributed by atoms with Crippen LogP contribution in [0.2, 0.25) is 0 Å². The van der Waals surface area contributed by atoms with Crippen molar-refractivity contribution in [1.29, 1.82) is 0 Å². The number of fused-ring (bicyclic) bond motifs is 2. The first-order chi connectivity index (χ1) is 16.8. The number of azo groups is 1. The number of carbonyl (C=O) groups is 1. The number of rotatable bonds is 4. The molecule has 7 nitrogen and oxygen atoms in total. The van der Waals surface area contributed by atoms with Crippen LogP contribution in [-0.2, 0) is 4.79 Å². The molecule has 5 rings (SSSR count). The van der Waals surface area contributed by atoms with E-state index < -0.39 is 12.1 Å². The number of hydrogen-bond donors (Lipinski definition) is 2. The van der Waals surface area contributed by atoms with Crippen LogP contribution < -0.4 is 15.2 Å². The number of hydrogen-bond acceptors (Lipinski definition) is 6. The molecular formula is C25H15F3N4O3. The number of alkyl halides is 3. The Morgan fingerprint density at radius 3 is 2.57 bits per heavy atom. The second kappa shape index (κ2) is 8.56. The molecule has 0 unspecified atom stereocenters. The van der Waals surface area contributed by atoms with Crippen molar-refractivity contribution in [2.45, 2.75) is 6.18 Å². The second-order valence-electron chi connectivity index (χ2n) is 7.60. The molecule has 0 saturated heterocycles. The number of nitrogens with zero attached hydrogens (tertiary/aromatic N) is 3. The van der Waals surface area contributed by atoms with Gasteiger partial charge in [-0.1, -0.05) is 12.1 Å². The standard InChI is InChI=1S/C25H15F3N4O3/c26-25(27,28)24(34)35-16-3-6-20-18(13-16)19(23(33)30-20)11-15-1-4-17-21(31-32-22(17)12-15)5-2-14-7-9-29-10-8-14/h1-13,30,33H/b5-2+,15-11?. The van der Waals surface area contributed by atoms with Gasteiger partial charge in [-0.25, -0.2) is 4.79 Å². The molecule has 2 N–H and O–H groups in total. The summed E-state index contributed by atoms with van der Waals surface area (Å²) in [5.41, 5.74) is 3.07. The Kier molecular flexibility index (Phi) is 5.40. The van der Waals surface area contributed by atoms with Crippen molar-refractivity contribution >= 4 is 40.4 Å². The third kappa shape index (κ3) is 4.54. The van der Waals surface area contributed by atoms with Crippen molar-refractivity contribution < 1.29 is 27.8 Å². The monoisotopic (exact) mass is 476 g/mol. The number of carbonyl (C=O) groups excluding carboxylic acids is 1. The van der Waals surface area contributed by atoms with Crippen molar-refractivity contribution in [3.05, 3.63) is 88.6 Å². The fraction of sp³-hybridized carbons (Fsp3) is 0.0400. The van der Waals surface area contributed by atoms with E-state index in [4.69, 9.17) is 0 Å². The third-order valence-corrected chi connectivity index (χ3v) is 5.25. The Morgan fingerprint density at radius 1 is 1.00 bits per heavy atom. The largest absolute Gasteiger partial charge is 0.494 e. The van der Waals surface area contributed by atoms with Crippen molar-refractivity contribution in [1.82, 2.24) is 9.97 Å². The maximum absolute atomic E-state index is 12.5. The predicted molar refractivity (Wildman–Crippen MR) is 122 cm³/mol. The van der Waals surface area contributed by atoms with Crippen LogP contribution in [0, 0.1) is 0 Å². The predicted octanol–water partition coefficient (Wildman–Crippen LogP) is 4.48. The lowest BCUT2D eigenvalue weighted by Gasteiger charge is -2.06. The van der Waals surface area contributed by atoms with Crippen LogP contribution in [0.1, 0.15) is 11.1 Å². The number of aromatic nitrogens is 2. The van der Waals surface area contributed by atoms with E-state index >= 15 is 0 Å². The van der Waals surface area contributed by atoms with E-state index in [2.05, 4.69) is 24.9 Å². The fourth-order valence-corrected chi connectivity index (χ4v) is 3.59. The first-order valence-electron chi connectivity index (χ1n) is 10.3. The van der Waals surface area contributed by atoms with Crippen LogP contribution in [0.5, 0.6) is 11.6 Å². The highest BCUT2D eigenvalue weighted by molar-refractivity contribution is 5.93. The summed E-state index contributed by atoms with van der Waals surface area (Å²) in [7, 11) is 0. The second-order valence-corrected chi connectivity index (χ2v) is 7.60. The average Bonchev–Trinajstić information content (AvgIpc) is 3.38. The summed E-state index contributed by atoms with van der Waals surface area (Å²) in [5.74, 6) is -2.80. The molecule has 174 valence electrons. The number of aromatic hydroxyl groups is 1. The van der Waals surface area contributed by atoms with Gasteiger partial charge in [0.2, 0.25) is 0 Å². The van der Waals surface area contributed by atoms with E-state index in [1.807, 2.05) is 30.4 Å². The molecule has 0 spiro atoms. The van der Waals surface area contributed by atoms with Crippen LogP contribution >= 0.6 is 0 Å². The number of ether oxygens (including phenoxy) is 1. The van der Waals surface area contributed by atoms with E-state index in [-0.39, 0.29) is 11.6 Å². The molecule has 4 aromatic rings. The molecule has 10 heteroatoms. The average molecular weight is 476 g/mol. The van der Waals surface area contributed by atoms with E-state index in [0.717, 1.165) is 10.8 Å². The van der Waals surface area contributed by atoms with Gasteiger partial charge in [-0.3, -0.25) is 4.98 Å². The third-order valence-electron chi connectivity index (χ3n) is 5.25. The van der Waals surface area contributed by atoms with Gasteiger partial charge in [0.05, 0.1) is 11.4 Å². The zero-order valence-electron chi connectivity index (χ0n) is 17.7. The van der Waals surface area contributed by atoms with Gasteiger partial charge in [0.1, 0.15) is 5.75 Å². The highest BCUT2D eigenvalue weighted by atomic mass is 19.4. The van der Waals surface area contributed by atoms with Crippen molar-refractivity contribution in [3.63, 3.8) is 0 Å². The first kappa shape index (κ1) is 22.1. The van der Waals surface area contributed by atoms with Gasteiger partial charge in [0.25, 0.3) is 0 Å². The molecule has 2 aromatic carbocycles. The molecule has 2 aromatic heterocycles. The maximum atomic E-state index is 12.5. The summed E-state index contributed by atoms with van der Waals surface area (Å²) in [6.07, 6.45) is 3.66. The lowest BCUT2D eigenvalue weighted by molar-refractivity contribution is -0.189. The number of nitrogens with one attached hydrogen (secondary N) is 1. The molecule has 0 radical (unpaired) electrons. The highest BCUT2D eigenvalue weighted by Crippen LogP contribution is 2.31. The molecule has 3 heterocycles. The normalized spacial score (nSPS) is 13.7. The summed E-state index contributed by atoms with van der Waals surface area (Å²) in [6.45, 7) is 0. The number of halogens is 3. The molecule has 0 amide bonds. The van der Waals surface area contributed by atoms with E-state index in [1.165, 1.54) is 18.2 Å². The highest BCUT2D eigenvalue weighted by Gasteiger charge is 2.41. The van der Waals surface area contributed by atoms with Crippen LogP contribution in [0.25, 0.3) is 28.8 Å². The van der Waals surface area contributed by atoms with Gasteiger partial charge in [-0.15, -0.1) is 10.2 Å². The quantitative estimate of drug-likeness (QED) is 0.335. The van der Waals surface area contributed by atoms with E-state index in [0.29, 0.717) is 33.1 Å². The van der Waals surface area contributed by atoms with E-state index in [9.17, 15) is 23.1 Å². The minimum absolute atomic E-state index is 0.186. The summed E-state index contributed by atoms with van der Waals surface area (Å²) in [4.78, 5) is 17.9. The fourth-order valence-electron chi connectivity index (χ4n) is 3.59. The summed E-state index contributed by atoms with van der Waals surface area (Å²) in [6, 6.07) is 13.0. The molecule has 1 aliphatic heterocycles. The minimum atomic E-state index is -5.12. The molecular weight excluding hydrogens is 461 g/mol. The Morgan fingerprint density at radius 2 is 1.80 bits per heavy atom. The first-order valence-corrected chi connectivity index (χ1v) is 10.3. The Labute approximate surface area is 195 Å². The smallest absolute Gasteiger partial charge is 0.491 e. The lowest BCUT2D eigenvalue weighted by atomic mass is 10.1. The zero-order chi connectivity index (χ0) is 24.6. The van der Waals surface area contributed by atoms with Crippen molar-refractivity contribution in [2.75, 3.05) is 0 Å². The van der Waals surface area contributed by atoms with Crippen LogP contribution in [0.4, 0.5) is 18.9 Å². The molecule has 0 atom stereocenters. The van der Waals surface area contributed by atoms with Gasteiger partial charge >= 0.3 is 12.1 Å². The van der Waals surface area contributed by atoms with Crippen molar-refractivity contribution in [2.24, 2.45) is 10.2 Å². The van der Waals surface area contributed by atoms with E-state index in [1.54, 1.807) is 30.6 Å². The molecule has 0 bridgehead atoms. The molecule has 0 saturated carbocycles.